The summed E-state index contributed by atoms with van der Waals surface area (Å²) in [6, 6.07) is 11.3. The topological polar surface area (TPSA) is 24.9 Å². The number of aromatic nitrogens is 1. The Bertz CT molecular complexity index is 537. The molecule has 1 atom stereocenters. The maximum atomic E-state index is 4.32. The van der Waals surface area contributed by atoms with Crippen LogP contribution in [0, 0.1) is 6.92 Å². The second kappa shape index (κ2) is 7.46. The van der Waals surface area contributed by atoms with Gasteiger partial charge in [-0.05, 0) is 48.0 Å². The summed E-state index contributed by atoms with van der Waals surface area (Å²) in [5.74, 6) is 1.11. The fourth-order valence-electron chi connectivity index (χ4n) is 2.29. The second-order valence-corrected chi connectivity index (χ2v) is 6.13. The fraction of sp³-hybridized carbons (Fsp3) is 0.353. The van der Waals surface area contributed by atoms with Gasteiger partial charge < -0.3 is 5.32 Å². The zero-order valence-corrected chi connectivity index (χ0v) is 13.2. The fourth-order valence-corrected chi connectivity index (χ4v) is 2.95. The molecule has 0 saturated heterocycles. The van der Waals surface area contributed by atoms with E-state index >= 15 is 0 Å². The first kappa shape index (κ1) is 15.1. The maximum absolute atomic E-state index is 4.32. The van der Waals surface area contributed by atoms with Crippen LogP contribution < -0.4 is 5.32 Å². The van der Waals surface area contributed by atoms with Crippen molar-refractivity contribution in [1.29, 1.82) is 0 Å². The minimum Gasteiger partial charge on any atom is -0.306 e. The highest BCUT2D eigenvalue weighted by molar-refractivity contribution is 7.99. The molecule has 0 bridgehead atoms. The predicted molar refractivity (Wildman–Crippen MR) is 87.3 cm³/mol. The van der Waals surface area contributed by atoms with E-state index < -0.39 is 0 Å². The molecule has 20 heavy (non-hydrogen) atoms. The molecule has 1 heterocycles. The van der Waals surface area contributed by atoms with Gasteiger partial charge in [0, 0.05) is 17.3 Å². The van der Waals surface area contributed by atoms with E-state index in [4.69, 9.17) is 0 Å². The Balaban J connectivity index is 2.28. The molecule has 0 aliphatic carbocycles. The molecule has 3 heteroatoms. The number of thioether (sulfide) groups is 1. The van der Waals surface area contributed by atoms with Crippen LogP contribution in [0.2, 0.25) is 0 Å². The van der Waals surface area contributed by atoms with Crippen LogP contribution in [-0.4, -0.2) is 17.3 Å². The van der Waals surface area contributed by atoms with E-state index in [9.17, 15) is 0 Å². The van der Waals surface area contributed by atoms with Crippen LogP contribution in [0.5, 0.6) is 0 Å². The number of nitrogens with one attached hydrogen (secondary N) is 1. The number of benzene rings is 1. The van der Waals surface area contributed by atoms with E-state index in [2.05, 4.69) is 61.4 Å². The third kappa shape index (κ3) is 3.84. The summed E-state index contributed by atoms with van der Waals surface area (Å²) >= 11 is 1.87. The van der Waals surface area contributed by atoms with E-state index in [-0.39, 0.29) is 6.04 Å². The number of aryl methyl sites for hydroxylation is 1. The molecule has 1 aromatic heterocycles. The molecule has 2 nitrogen and oxygen atoms in total. The smallest absolute Gasteiger partial charge is 0.0591 e. The van der Waals surface area contributed by atoms with Crippen LogP contribution in [0.15, 0.2) is 47.6 Å². The predicted octanol–water partition coefficient (Wildman–Crippen LogP) is 4.20. The first-order valence-electron chi connectivity index (χ1n) is 7.12. The summed E-state index contributed by atoms with van der Waals surface area (Å²) in [6.07, 6.45) is 3.85. The lowest BCUT2D eigenvalue weighted by Crippen LogP contribution is -2.22. The largest absolute Gasteiger partial charge is 0.306 e. The third-order valence-corrected chi connectivity index (χ3v) is 4.06. The molecule has 1 unspecified atom stereocenters. The lowest BCUT2D eigenvalue weighted by atomic mass is 9.99. The average molecular weight is 286 g/mol. The summed E-state index contributed by atoms with van der Waals surface area (Å²) < 4.78 is 0. The average Bonchev–Trinajstić information content (AvgIpc) is 2.46. The van der Waals surface area contributed by atoms with Gasteiger partial charge in [-0.15, -0.1) is 11.8 Å². The maximum Gasteiger partial charge on any atom is 0.0591 e. The molecular weight excluding hydrogens is 264 g/mol. The molecule has 0 fully saturated rings. The van der Waals surface area contributed by atoms with Gasteiger partial charge in [0.1, 0.15) is 0 Å². The van der Waals surface area contributed by atoms with E-state index in [0.29, 0.717) is 0 Å². The van der Waals surface area contributed by atoms with Gasteiger partial charge in [0.15, 0.2) is 0 Å². The molecule has 1 N–H and O–H groups in total. The molecule has 2 aromatic rings. The Labute approximate surface area is 126 Å². The monoisotopic (exact) mass is 286 g/mol. The lowest BCUT2D eigenvalue weighted by Gasteiger charge is -2.19. The molecule has 0 saturated carbocycles. The van der Waals surface area contributed by atoms with E-state index in [1.165, 1.54) is 21.6 Å². The highest BCUT2D eigenvalue weighted by atomic mass is 32.2. The van der Waals surface area contributed by atoms with Crippen molar-refractivity contribution in [2.75, 3.05) is 12.3 Å². The number of hydrogen-bond acceptors (Lipinski definition) is 3. The van der Waals surface area contributed by atoms with Crippen LogP contribution in [0.3, 0.4) is 0 Å². The molecule has 0 radical (unpaired) electrons. The quantitative estimate of drug-likeness (QED) is 0.806. The molecule has 2 rings (SSSR count). The summed E-state index contributed by atoms with van der Waals surface area (Å²) in [5.41, 5.74) is 3.71. The van der Waals surface area contributed by atoms with Gasteiger partial charge in [0.05, 0.1) is 6.04 Å². The SMILES string of the molecule is CCNC(c1ccc(SCC)cc1)c1cncc(C)c1. The Kier molecular flexibility index (Phi) is 5.62. The summed E-state index contributed by atoms with van der Waals surface area (Å²) in [4.78, 5) is 5.64. The first-order chi connectivity index (χ1) is 9.74. The highest BCUT2D eigenvalue weighted by Crippen LogP contribution is 2.25. The van der Waals surface area contributed by atoms with Crippen LogP contribution >= 0.6 is 11.8 Å². The number of hydrogen-bond donors (Lipinski definition) is 1. The zero-order chi connectivity index (χ0) is 14.4. The van der Waals surface area contributed by atoms with Gasteiger partial charge in [-0.2, -0.15) is 0 Å². The van der Waals surface area contributed by atoms with Crippen LogP contribution in [0.4, 0.5) is 0 Å². The highest BCUT2D eigenvalue weighted by Gasteiger charge is 2.13. The third-order valence-electron chi connectivity index (χ3n) is 3.16. The van der Waals surface area contributed by atoms with Crippen molar-refractivity contribution in [3.05, 3.63) is 59.4 Å². The Morgan fingerprint density at radius 2 is 1.85 bits per heavy atom. The van der Waals surface area contributed by atoms with E-state index in [1.54, 1.807) is 0 Å². The molecule has 0 aliphatic heterocycles. The summed E-state index contributed by atoms with van der Waals surface area (Å²) in [6.45, 7) is 7.33. The van der Waals surface area contributed by atoms with Crippen molar-refractivity contribution in [2.45, 2.75) is 31.7 Å². The van der Waals surface area contributed by atoms with Crippen molar-refractivity contribution >= 4 is 11.8 Å². The van der Waals surface area contributed by atoms with Gasteiger partial charge >= 0.3 is 0 Å². The van der Waals surface area contributed by atoms with Gasteiger partial charge in [0.25, 0.3) is 0 Å². The van der Waals surface area contributed by atoms with Crippen LogP contribution in [0.25, 0.3) is 0 Å². The zero-order valence-electron chi connectivity index (χ0n) is 12.4. The molecule has 0 amide bonds. The Hall–Kier alpha value is -1.32. The first-order valence-corrected chi connectivity index (χ1v) is 8.10. The Morgan fingerprint density at radius 1 is 1.10 bits per heavy atom. The van der Waals surface area contributed by atoms with Gasteiger partial charge in [-0.25, -0.2) is 0 Å². The van der Waals surface area contributed by atoms with Crippen LogP contribution in [-0.2, 0) is 0 Å². The summed E-state index contributed by atoms with van der Waals surface area (Å²) in [5, 5.41) is 3.55. The molecule has 0 aliphatic rings. The number of pyridine rings is 1. The standard InChI is InChI=1S/C17H22N2S/c1-4-19-17(15-10-13(3)11-18-12-15)14-6-8-16(9-7-14)20-5-2/h6-12,17,19H,4-5H2,1-3H3. The number of nitrogens with zero attached hydrogens (tertiary/aromatic N) is 1. The van der Waals surface area contributed by atoms with Crippen molar-refractivity contribution < 1.29 is 0 Å². The van der Waals surface area contributed by atoms with E-state index in [1.807, 2.05) is 24.2 Å². The van der Waals surface area contributed by atoms with Crippen molar-refractivity contribution in [3.8, 4) is 0 Å². The molecule has 0 spiro atoms. The van der Waals surface area contributed by atoms with Gasteiger partial charge in [-0.3, -0.25) is 4.98 Å². The van der Waals surface area contributed by atoms with Gasteiger partial charge in [-0.1, -0.05) is 32.0 Å². The molecule has 1 aromatic carbocycles. The molecule has 106 valence electrons. The van der Waals surface area contributed by atoms with Crippen molar-refractivity contribution in [1.82, 2.24) is 10.3 Å². The van der Waals surface area contributed by atoms with Crippen molar-refractivity contribution in [3.63, 3.8) is 0 Å². The van der Waals surface area contributed by atoms with Gasteiger partial charge in [0.2, 0.25) is 0 Å². The Morgan fingerprint density at radius 3 is 2.45 bits per heavy atom. The minimum absolute atomic E-state index is 0.216. The van der Waals surface area contributed by atoms with Crippen molar-refractivity contribution in [2.24, 2.45) is 0 Å². The van der Waals surface area contributed by atoms with Crippen LogP contribution in [0.1, 0.15) is 36.6 Å². The molecular formula is C17H22N2S. The normalized spacial score (nSPS) is 12.3. The lowest BCUT2D eigenvalue weighted by molar-refractivity contribution is 0.628. The second-order valence-electron chi connectivity index (χ2n) is 4.79. The van der Waals surface area contributed by atoms with E-state index in [0.717, 1.165) is 12.3 Å². The number of rotatable bonds is 6. The summed E-state index contributed by atoms with van der Waals surface area (Å²) in [7, 11) is 0. The minimum atomic E-state index is 0.216.